The minimum atomic E-state index is -0.469. The lowest BCUT2D eigenvalue weighted by Crippen LogP contribution is -2.33. The van der Waals surface area contributed by atoms with Gasteiger partial charge in [-0.3, -0.25) is 14.3 Å². The van der Waals surface area contributed by atoms with Crippen molar-refractivity contribution >= 4 is 22.6 Å². The Balaban J connectivity index is 1.51. The molecule has 0 aromatic carbocycles. The molecule has 1 amide bonds. The van der Waals surface area contributed by atoms with Gasteiger partial charge in [0, 0.05) is 37.5 Å². The van der Waals surface area contributed by atoms with Crippen LogP contribution >= 0.6 is 0 Å². The summed E-state index contributed by atoms with van der Waals surface area (Å²) >= 11 is 0. The average Bonchev–Trinajstić information content (AvgIpc) is 3.48. The van der Waals surface area contributed by atoms with Crippen LogP contribution in [0.3, 0.4) is 0 Å². The minimum absolute atomic E-state index is 0.163. The summed E-state index contributed by atoms with van der Waals surface area (Å²) in [7, 11) is 1.66. The molecule has 10 heteroatoms. The van der Waals surface area contributed by atoms with Crippen molar-refractivity contribution in [2.75, 3.05) is 19.0 Å². The maximum atomic E-state index is 13.4. The van der Waals surface area contributed by atoms with Crippen LogP contribution in [-0.2, 0) is 10.3 Å². The predicted octanol–water partition coefficient (Wildman–Crippen LogP) is 3.24. The van der Waals surface area contributed by atoms with Gasteiger partial charge in [-0.15, -0.1) is 0 Å². The Labute approximate surface area is 209 Å². The molecular formula is C26H33N5O5. The van der Waals surface area contributed by atoms with Gasteiger partial charge in [0.05, 0.1) is 17.7 Å². The molecule has 3 aromatic rings. The van der Waals surface area contributed by atoms with Gasteiger partial charge in [0.25, 0.3) is 11.5 Å². The molecule has 0 spiro atoms. The molecule has 36 heavy (non-hydrogen) atoms. The van der Waals surface area contributed by atoms with Gasteiger partial charge in [-0.25, -0.2) is 0 Å². The molecule has 3 heterocycles. The number of aliphatic hydroxyl groups excluding tert-OH is 1. The normalized spacial score (nSPS) is 21.9. The zero-order valence-corrected chi connectivity index (χ0v) is 20.9. The van der Waals surface area contributed by atoms with Crippen LogP contribution in [0.1, 0.15) is 68.8 Å². The fourth-order valence-corrected chi connectivity index (χ4v) is 5.01. The van der Waals surface area contributed by atoms with Crippen LogP contribution in [0.15, 0.2) is 35.4 Å². The summed E-state index contributed by atoms with van der Waals surface area (Å²) in [5.41, 5.74) is 0.307. The van der Waals surface area contributed by atoms with Crippen LogP contribution in [0.25, 0.3) is 11.0 Å². The fourth-order valence-electron chi connectivity index (χ4n) is 5.01. The van der Waals surface area contributed by atoms with Crippen molar-refractivity contribution in [3.8, 4) is 5.88 Å². The van der Waals surface area contributed by atoms with Crippen LogP contribution in [0, 0.1) is 0 Å². The lowest BCUT2D eigenvalue weighted by atomic mass is 9.93. The van der Waals surface area contributed by atoms with E-state index in [2.05, 4.69) is 10.3 Å². The highest BCUT2D eigenvalue weighted by molar-refractivity contribution is 6.07. The maximum Gasteiger partial charge on any atom is 0.274 e. The SMILES string of the molecule is COCCC1(n2cc3cc(C(=O)Nc4cccn(C5CC5)c4=O)c(OC(C)C)nc3n2)CCC(O)C1. The topological polar surface area (TPSA) is 120 Å². The number of aliphatic hydroxyl groups is 1. The number of nitrogens with zero attached hydrogens (tertiary/aromatic N) is 4. The van der Waals surface area contributed by atoms with Gasteiger partial charge < -0.3 is 24.5 Å². The summed E-state index contributed by atoms with van der Waals surface area (Å²) in [4.78, 5) is 30.8. The van der Waals surface area contributed by atoms with E-state index in [-0.39, 0.29) is 40.4 Å². The zero-order valence-electron chi connectivity index (χ0n) is 20.9. The second-order valence-electron chi connectivity index (χ2n) is 10.2. The lowest BCUT2D eigenvalue weighted by molar-refractivity contribution is 0.101. The summed E-state index contributed by atoms with van der Waals surface area (Å²) in [6.45, 7) is 4.26. The number of ether oxygens (including phenoxy) is 2. The van der Waals surface area contributed by atoms with Gasteiger partial charge in [-0.2, -0.15) is 10.1 Å². The molecule has 2 fully saturated rings. The van der Waals surface area contributed by atoms with Crippen molar-refractivity contribution < 1.29 is 19.4 Å². The molecule has 2 N–H and O–H groups in total. The second-order valence-corrected chi connectivity index (χ2v) is 10.2. The summed E-state index contributed by atoms with van der Waals surface area (Å²) in [5.74, 6) is -0.306. The quantitative estimate of drug-likeness (QED) is 0.467. The first-order valence-electron chi connectivity index (χ1n) is 12.6. The van der Waals surface area contributed by atoms with Gasteiger partial charge in [0.1, 0.15) is 11.3 Å². The van der Waals surface area contributed by atoms with Gasteiger partial charge in [0.2, 0.25) is 5.88 Å². The molecule has 2 atom stereocenters. The smallest absolute Gasteiger partial charge is 0.274 e. The molecule has 0 aliphatic heterocycles. The summed E-state index contributed by atoms with van der Waals surface area (Å²) in [6, 6.07) is 5.28. The van der Waals surface area contributed by atoms with Crippen molar-refractivity contribution in [2.24, 2.45) is 0 Å². The largest absolute Gasteiger partial charge is 0.474 e. The molecule has 2 saturated carbocycles. The molecular weight excluding hydrogens is 462 g/mol. The minimum Gasteiger partial charge on any atom is -0.474 e. The molecule has 0 radical (unpaired) electrons. The standard InChI is InChI=1S/C26H33N5O5/c1-16(2)36-24-20(23(33)27-21-5-4-11-30(25(21)34)18-6-7-18)13-17-15-31(29-22(17)28-24)26(10-12-35-3)9-8-19(32)14-26/h4-5,11,13,15-16,18-19,32H,6-10,12,14H2,1-3H3,(H,27,33). The van der Waals surface area contributed by atoms with Gasteiger partial charge in [0.15, 0.2) is 5.65 Å². The summed E-state index contributed by atoms with van der Waals surface area (Å²) in [6.07, 6.45) is 7.70. The number of hydrogen-bond donors (Lipinski definition) is 2. The number of pyridine rings is 2. The predicted molar refractivity (Wildman–Crippen MR) is 135 cm³/mol. The number of rotatable bonds is 9. The molecule has 3 aromatic heterocycles. The Morgan fingerprint density at radius 3 is 2.81 bits per heavy atom. The highest BCUT2D eigenvalue weighted by atomic mass is 16.5. The number of hydrogen-bond acceptors (Lipinski definition) is 7. The molecule has 0 bridgehead atoms. The van der Waals surface area contributed by atoms with E-state index in [1.807, 2.05) is 24.7 Å². The van der Waals surface area contributed by atoms with Crippen molar-refractivity contribution in [1.29, 1.82) is 0 Å². The Hall–Kier alpha value is -3.24. The van der Waals surface area contributed by atoms with E-state index in [4.69, 9.17) is 14.6 Å². The third kappa shape index (κ3) is 4.75. The highest BCUT2D eigenvalue weighted by Gasteiger charge is 2.41. The van der Waals surface area contributed by atoms with Crippen molar-refractivity contribution in [3.05, 3.63) is 46.5 Å². The molecule has 2 aliphatic rings. The Kier molecular flexibility index (Phi) is 6.57. The monoisotopic (exact) mass is 495 g/mol. The summed E-state index contributed by atoms with van der Waals surface area (Å²) < 4.78 is 14.8. The number of fused-ring (bicyclic) bond motifs is 1. The first kappa shape index (κ1) is 24.5. The van der Waals surface area contributed by atoms with E-state index in [9.17, 15) is 14.7 Å². The second kappa shape index (κ2) is 9.67. The maximum absolute atomic E-state index is 13.4. The third-order valence-corrected chi connectivity index (χ3v) is 7.03. The van der Waals surface area contributed by atoms with Crippen LogP contribution < -0.4 is 15.6 Å². The number of carbonyl (C=O) groups excluding carboxylic acids is 1. The molecule has 0 saturated heterocycles. The Morgan fingerprint density at radius 2 is 2.14 bits per heavy atom. The first-order valence-corrected chi connectivity index (χ1v) is 12.6. The van der Waals surface area contributed by atoms with Crippen molar-refractivity contribution in [1.82, 2.24) is 19.3 Å². The molecule has 192 valence electrons. The zero-order chi connectivity index (χ0) is 25.4. The molecule has 2 unspecified atom stereocenters. The Bertz CT molecular complexity index is 1330. The van der Waals surface area contributed by atoms with Gasteiger partial charge in [-0.05, 0) is 70.6 Å². The van der Waals surface area contributed by atoms with Crippen molar-refractivity contribution in [2.45, 2.75) is 76.2 Å². The van der Waals surface area contributed by atoms with E-state index in [0.717, 1.165) is 19.3 Å². The Morgan fingerprint density at radius 1 is 1.33 bits per heavy atom. The number of methoxy groups -OCH3 is 1. The number of nitrogens with one attached hydrogen (secondary N) is 1. The first-order chi connectivity index (χ1) is 17.3. The van der Waals surface area contributed by atoms with Crippen molar-refractivity contribution in [3.63, 3.8) is 0 Å². The van der Waals surface area contributed by atoms with E-state index >= 15 is 0 Å². The number of amides is 1. The van der Waals surface area contributed by atoms with E-state index in [1.54, 1.807) is 36.1 Å². The highest BCUT2D eigenvalue weighted by Crippen LogP contribution is 2.40. The third-order valence-electron chi connectivity index (χ3n) is 7.03. The molecule has 10 nitrogen and oxygen atoms in total. The lowest BCUT2D eigenvalue weighted by Gasteiger charge is -2.29. The summed E-state index contributed by atoms with van der Waals surface area (Å²) in [5, 5.41) is 18.5. The van der Waals surface area contributed by atoms with Crippen LogP contribution in [-0.4, -0.2) is 56.3 Å². The van der Waals surface area contributed by atoms with E-state index < -0.39 is 12.0 Å². The van der Waals surface area contributed by atoms with Crippen LogP contribution in [0.4, 0.5) is 5.69 Å². The van der Waals surface area contributed by atoms with E-state index in [0.29, 0.717) is 36.9 Å². The fraction of sp³-hybridized carbons (Fsp3) is 0.538. The van der Waals surface area contributed by atoms with Gasteiger partial charge >= 0.3 is 0 Å². The number of anilines is 1. The average molecular weight is 496 g/mol. The van der Waals surface area contributed by atoms with Crippen LogP contribution in [0.2, 0.25) is 0 Å². The number of carbonyl (C=O) groups is 1. The van der Waals surface area contributed by atoms with Gasteiger partial charge in [-0.1, -0.05) is 0 Å². The number of aromatic nitrogens is 4. The molecule has 2 aliphatic carbocycles. The van der Waals surface area contributed by atoms with E-state index in [1.165, 1.54) is 0 Å². The van der Waals surface area contributed by atoms with Crippen LogP contribution in [0.5, 0.6) is 5.88 Å². The molecule has 5 rings (SSSR count).